The predicted molar refractivity (Wildman–Crippen MR) is 127 cm³/mol. The Balaban J connectivity index is 0.000000539. The van der Waals surface area contributed by atoms with Crippen LogP contribution in [-0.2, 0) is 6.42 Å². The topological polar surface area (TPSA) is 60.7 Å². The van der Waals surface area contributed by atoms with Crippen LogP contribution < -0.4 is 0 Å². The van der Waals surface area contributed by atoms with Crippen molar-refractivity contribution in [3.8, 4) is 17.2 Å². The number of aryl methyl sites for hydroxylation is 1. The van der Waals surface area contributed by atoms with Gasteiger partial charge < -0.3 is 15.3 Å². The van der Waals surface area contributed by atoms with Crippen molar-refractivity contribution in [2.75, 3.05) is 0 Å². The second kappa shape index (κ2) is 17.7. The Morgan fingerprint density at radius 3 is 1.33 bits per heavy atom. The normalized spacial score (nSPS) is 10.4. The Kier molecular flexibility index (Phi) is 15.2. The standard InChI is InChI=1S/C21H36O2.C6H6O/c1-2-3-4-5-6-7-8-9-10-11-12-13-14-15-19-16-20(22)18-21(23)17-19;7-6-4-2-1-3-5-6/h16-18,22-23H,2-15H2,1H3;1-5,7H. The fourth-order valence-electron chi connectivity index (χ4n) is 3.58. The van der Waals surface area contributed by atoms with Crippen LogP contribution in [0, 0.1) is 0 Å². The molecule has 0 amide bonds. The molecule has 0 bridgehead atoms. The maximum absolute atomic E-state index is 9.44. The monoisotopic (exact) mass is 414 g/mol. The van der Waals surface area contributed by atoms with E-state index in [1.165, 1.54) is 83.1 Å². The Morgan fingerprint density at radius 2 is 0.933 bits per heavy atom. The van der Waals surface area contributed by atoms with Gasteiger partial charge in [0.05, 0.1) is 0 Å². The number of phenols is 3. The highest BCUT2D eigenvalue weighted by Crippen LogP contribution is 2.22. The van der Waals surface area contributed by atoms with Gasteiger partial charge in [0, 0.05) is 6.07 Å². The summed E-state index contributed by atoms with van der Waals surface area (Å²) in [5.74, 6) is 0.645. The lowest BCUT2D eigenvalue weighted by Gasteiger charge is -2.04. The van der Waals surface area contributed by atoms with E-state index in [9.17, 15) is 10.2 Å². The summed E-state index contributed by atoms with van der Waals surface area (Å²) >= 11 is 0. The second-order valence-corrected chi connectivity index (χ2v) is 8.19. The lowest BCUT2D eigenvalue weighted by atomic mass is 10.0. The molecule has 3 nitrogen and oxygen atoms in total. The number of hydrogen-bond donors (Lipinski definition) is 3. The number of para-hydroxylation sites is 1. The number of rotatable bonds is 14. The van der Waals surface area contributed by atoms with Crippen LogP contribution in [0.1, 0.15) is 96.0 Å². The van der Waals surface area contributed by atoms with Crippen LogP contribution in [0.2, 0.25) is 0 Å². The Bertz CT molecular complexity index is 620. The van der Waals surface area contributed by atoms with Gasteiger partial charge in [-0.2, -0.15) is 0 Å². The van der Waals surface area contributed by atoms with E-state index < -0.39 is 0 Å². The van der Waals surface area contributed by atoms with E-state index in [1.54, 1.807) is 36.4 Å². The van der Waals surface area contributed by atoms with Crippen molar-refractivity contribution in [3.63, 3.8) is 0 Å². The summed E-state index contributed by atoms with van der Waals surface area (Å²) in [6, 6.07) is 13.6. The van der Waals surface area contributed by atoms with E-state index in [2.05, 4.69) is 6.92 Å². The van der Waals surface area contributed by atoms with Crippen molar-refractivity contribution in [1.29, 1.82) is 0 Å². The third kappa shape index (κ3) is 14.8. The summed E-state index contributed by atoms with van der Waals surface area (Å²) in [4.78, 5) is 0. The number of aromatic hydroxyl groups is 3. The molecule has 0 fully saturated rings. The van der Waals surface area contributed by atoms with Crippen LogP contribution in [0.3, 0.4) is 0 Å². The van der Waals surface area contributed by atoms with E-state index >= 15 is 0 Å². The number of hydrogen-bond acceptors (Lipinski definition) is 3. The van der Waals surface area contributed by atoms with Gasteiger partial charge in [-0.1, -0.05) is 102 Å². The van der Waals surface area contributed by atoms with E-state index in [0.29, 0.717) is 5.75 Å². The van der Waals surface area contributed by atoms with Crippen LogP contribution in [0.4, 0.5) is 0 Å². The average molecular weight is 415 g/mol. The number of unbranched alkanes of at least 4 members (excludes halogenated alkanes) is 12. The largest absolute Gasteiger partial charge is 0.508 e. The average Bonchev–Trinajstić information content (AvgIpc) is 2.72. The molecule has 0 aliphatic carbocycles. The summed E-state index contributed by atoms with van der Waals surface area (Å²) in [5, 5.41) is 27.5. The Labute approximate surface area is 183 Å². The van der Waals surface area contributed by atoms with Crippen LogP contribution in [0.15, 0.2) is 48.5 Å². The zero-order valence-corrected chi connectivity index (χ0v) is 18.9. The SMILES string of the molecule is CCCCCCCCCCCCCCCc1cc(O)cc(O)c1.Oc1ccccc1. The van der Waals surface area contributed by atoms with Gasteiger partial charge in [-0.25, -0.2) is 0 Å². The van der Waals surface area contributed by atoms with E-state index in [-0.39, 0.29) is 11.5 Å². The minimum absolute atomic E-state index is 0.162. The summed E-state index contributed by atoms with van der Waals surface area (Å²) in [5.41, 5.74) is 1.03. The smallest absolute Gasteiger partial charge is 0.119 e. The van der Waals surface area contributed by atoms with Gasteiger partial charge in [-0.3, -0.25) is 0 Å². The highest BCUT2D eigenvalue weighted by molar-refractivity contribution is 5.36. The molecule has 0 saturated heterocycles. The molecule has 2 rings (SSSR count). The fourth-order valence-corrected chi connectivity index (χ4v) is 3.58. The maximum atomic E-state index is 9.44. The molecule has 0 atom stereocenters. The lowest BCUT2D eigenvalue weighted by Crippen LogP contribution is -1.87. The summed E-state index contributed by atoms with van der Waals surface area (Å²) in [6.45, 7) is 2.27. The summed E-state index contributed by atoms with van der Waals surface area (Å²) in [7, 11) is 0. The number of phenolic OH excluding ortho intramolecular Hbond substituents is 3. The molecule has 0 aliphatic rings. The van der Waals surface area contributed by atoms with Gasteiger partial charge in [0.2, 0.25) is 0 Å². The van der Waals surface area contributed by atoms with Crippen molar-refractivity contribution >= 4 is 0 Å². The van der Waals surface area contributed by atoms with Gasteiger partial charge in [0.1, 0.15) is 17.2 Å². The lowest BCUT2D eigenvalue weighted by molar-refractivity contribution is 0.449. The molecule has 3 N–H and O–H groups in total. The van der Waals surface area contributed by atoms with Crippen LogP contribution >= 0.6 is 0 Å². The molecule has 0 saturated carbocycles. The van der Waals surface area contributed by atoms with Crippen molar-refractivity contribution < 1.29 is 15.3 Å². The maximum Gasteiger partial charge on any atom is 0.119 e. The third-order valence-corrected chi connectivity index (χ3v) is 5.29. The molecular formula is C27H42O3. The van der Waals surface area contributed by atoms with E-state index in [0.717, 1.165) is 18.4 Å². The summed E-state index contributed by atoms with van der Waals surface area (Å²) < 4.78 is 0. The minimum atomic E-state index is 0.162. The molecule has 0 heterocycles. The van der Waals surface area contributed by atoms with Gasteiger partial charge in [0.25, 0.3) is 0 Å². The van der Waals surface area contributed by atoms with Crippen molar-refractivity contribution in [1.82, 2.24) is 0 Å². The summed E-state index contributed by atoms with van der Waals surface area (Å²) in [6.07, 6.45) is 18.6. The third-order valence-electron chi connectivity index (χ3n) is 5.29. The van der Waals surface area contributed by atoms with Gasteiger partial charge in [-0.15, -0.1) is 0 Å². The second-order valence-electron chi connectivity index (χ2n) is 8.19. The zero-order valence-electron chi connectivity index (χ0n) is 18.9. The molecule has 2 aromatic carbocycles. The van der Waals surface area contributed by atoms with Gasteiger partial charge in [-0.05, 0) is 42.7 Å². The van der Waals surface area contributed by atoms with Gasteiger partial charge >= 0.3 is 0 Å². The highest BCUT2D eigenvalue weighted by atomic mass is 16.3. The first kappa shape index (κ1) is 25.9. The van der Waals surface area contributed by atoms with Gasteiger partial charge in [0.15, 0.2) is 0 Å². The molecule has 0 spiro atoms. The first-order valence-corrected chi connectivity index (χ1v) is 11.9. The highest BCUT2D eigenvalue weighted by Gasteiger charge is 1.99. The number of benzene rings is 2. The van der Waals surface area contributed by atoms with Crippen molar-refractivity contribution in [2.45, 2.75) is 96.8 Å². The fraction of sp³-hybridized carbons (Fsp3) is 0.556. The minimum Gasteiger partial charge on any atom is -0.508 e. The van der Waals surface area contributed by atoms with Crippen molar-refractivity contribution in [2.24, 2.45) is 0 Å². The van der Waals surface area contributed by atoms with Crippen LogP contribution in [-0.4, -0.2) is 15.3 Å². The first-order chi connectivity index (χ1) is 14.6. The molecule has 168 valence electrons. The van der Waals surface area contributed by atoms with Crippen molar-refractivity contribution in [3.05, 3.63) is 54.1 Å². The van der Waals surface area contributed by atoms with Crippen LogP contribution in [0.25, 0.3) is 0 Å². The molecule has 30 heavy (non-hydrogen) atoms. The molecule has 0 unspecified atom stereocenters. The van der Waals surface area contributed by atoms with E-state index in [1.807, 2.05) is 6.07 Å². The molecule has 2 aromatic rings. The molecule has 0 aromatic heterocycles. The molecule has 0 radical (unpaired) electrons. The first-order valence-electron chi connectivity index (χ1n) is 11.9. The Morgan fingerprint density at radius 1 is 0.500 bits per heavy atom. The van der Waals surface area contributed by atoms with Crippen LogP contribution in [0.5, 0.6) is 17.2 Å². The zero-order chi connectivity index (χ0) is 21.9. The quantitative estimate of drug-likeness (QED) is 0.273. The van der Waals surface area contributed by atoms with E-state index in [4.69, 9.17) is 5.11 Å². The molecule has 3 heteroatoms. The molecular weight excluding hydrogens is 372 g/mol. The Hall–Kier alpha value is -2.16. The predicted octanol–water partition coefficient (Wildman–Crippen LogP) is 8.12. The molecule has 0 aliphatic heterocycles.